The Balaban J connectivity index is 2.25. The normalized spacial score (nSPS) is 17.6. The Bertz CT molecular complexity index is 940. The van der Waals surface area contributed by atoms with Gasteiger partial charge >= 0.3 is 0 Å². The second kappa shape index (κ2) is 6.65. The Hall–Kier alpha value is -2.95. The lowest BCUT2D eigenvalue weighted by Gasteiger charge is -2.29. The van der Waals surface area contributed by atoms with E-state index in [4.69, 9.17) is 0 Å². The molecule has 0 bridgehead atoms. The molecule has 5 nitrogen and oxygen atoms in total. The molecule has 3 rings (SSSR count). The monoisotopic (exact) mass is 364 g/mol. The number of rotatable bonds is 3. The topological polar surface area (TPSA) is 70.5 Å². The van der Waals surface area contributed by atoms with Crippen molar-refractivity contribution in [3.63, 3.8) is 0 Å². The van der Waals surface area contributed by atoms with Gasteiger partial charge in [0.15, 0.2) is 11.5 Å². The van der Waals surface area contributed by atoms with E-state index in [0.29, 0.717) is 11.4 Å². The molecule has 0 aliphatic carbocycles. The summed E-state index contributed by atoms with van der Waals surface area (Å²) in [5, 5.41) is 10.7. The molecule has 1 aromatic carbocycles. The molecule has 2 aromatic rings. The standard InChI is InChI=1S/C22H24N2O3/c1-13-9-10-14(2)16(12-13)24-18(15-8-6-7-11-23-15)17(19(25)21(24)27)20(26)22(3,4)5/h6-12,18,25H,1-5H3. The number of carbonyl (C=O) groups excluding carboxylic acids is 2. The first kappa shape index (κ1) is 18.8. The minimum absolute atomic E-state index is 0.104. The Morgan fingerprint density at radius 1 is 1.15 bits per heavy atom. The molecule has 1 unspecified atom stereocenters. The van der Waals surface area contributed by atoms with Crippen LogP contribution < -0.4 is 4.90 Å². The van der Waals surface area contributed by atoms with Crippen molar-refractivity contribution in [2.45, 2.75) is 40.7 Å². The van der Waals surface area contributed by atoms with Gasteiger partial charge in [-0.05, 0) is 43.2 Å². The number of aromatic nitrogens is 1. The van der Waals surface area contributed by atoms with Gasteiger partial charge < -0.3 is 5.11 Å². The Labute approximate surface area is 159 Å². The van der Waals surface area contributed by atoms with Crippen LogP contribution in [0.3, 0.4) is 0 Å². The molecule has 2 heterocycles. The molecule has 1 N–H and O–H groups in total. The molecule has 1 amide bonds. The summed E-state index contributed by atoms with van der Waals surface area (Å²) in [6.45, 7) is 9.16. The minimum atomic E-state index is -0.758. The zero-order chi connectivity index (χ0) is 19.9. The number of aliphatic hydroxyl groups is 1. The molecule has 1 aromatic heterocycles. The van der Waals surface area contributed by atoms with Crippen LogP contribution in [-0.2, 0) is 9.59 Å². The molecule has 5 heteroatoms. The van der Waals surface area contributed by atoms with Crippen molar-refractivity contribution in [1.82, 2.24) is 4.98 Å². The molecule has 1 atom stereocenters. The number of hydrogen-bond donors (Lipinski definition) is 1. The summed E-state index contributed by atoms with van der Waals surface area (Å²) in [6, 6.07) is 10.4. The number of carbonyl (C=O) groups is 2. The van der Waals surface area contributed by atoms with Crippen LogP contribution in [0.5, 0.6) is 0 Å². The third-order valence-corrected chi connectivity index (χ3v) is 4.73. The van der Waals surface area contributed by atoms with E-state index in [1.54, 1.807) is 39.1 Å². The van der Waals surface area contributed by atoms with Gasteiger partial charge in [-0.3, -0.25) is 19.5 Å². The van der Waals surface area contributed by atoms with Crippen LogP contribution in [0, 0.1) is 19.3 Å². The van der Waals surface area contributed by atoms with Crippen LogP contribution in [0.15, 0.2) is 53.9 Å². The predicted octanol–water partition coefficient (Wildman–Crippen LogP) is 4.21. The molecule has 1 aliphatic rings. The third-order valence-electron chi connectivity index (χ3n) is 4.73. The van der Waals surface area contributed by atoms with E-state index in [1.165, 1.54) is 4.90 Å². The first-order valence-corrected chi connectivity index (χ1v) is 8.92. The predicted molar refractivity (Wildman–Crippen MR) is 104 cm³/mol. The van der Waals surface area contributed by atoms with Gasteiger partial charge in [-0.25, -0.2) is 0 Å². The first-order valence-electron chi connectivity index (χ1n) is 8.92. The summed E-state index contributed by atoms with van der Waals surface area (Å²) in [6.07, 6.45) is 1.62. The van der Waals surface area contributed by atoms with Crippen molar-refractivity contribution in [3.8, 4) is 0 Å². The molecule has 140 valence electrons. The maximum Gasteiger partial charge on any atom is 0.294 e. The maximum atomic E-state index is 13.1. The van der Waals surface area contributed by atoms with E-state index in [2.05, 4.69) is 4.98 Å². The number of amides is 1. The Morgan fingerprint density at radius 2 is 1.85 bits per heavy atom. The lowest BCUT2D eigenvalue weighted by molar-refractivity contribution is -0.123. The van der Waals surface area contributed by atoms with Gasteiger partial charge in [0, 0.05) is 17.3 Å². The number of pyridine rings is 1. The van der Waals surface area contributed by atoms with E-state index >= 15 is 0 Å². The summed E-state index contributed by atoms with van der Waals surface area (Å²) < 4.78 is 0. The van der Waals surface area contributed by atoms with Crippen LogP contribution in [-0.4, -0.2) is 21.8 Å². The van der Waals surface area contributed by atoms with Crippen molar-refractivity contribution < 1.29 is 14.7 Å². The van der Waals surface area contributed by atoms with Crippen molar-refractivity contribution >= 4 is 17.4 Å². The summed E-state index contributed by atoms with van der Waals surface area (Å²) in [7, 11) is 0. The minimum Gasteiger partial charge on any atom is -0.503 e. The van der Waals surface area contributed by atoms with Crippen LogP contribution in [0.4, 0.5) is 5.69 Å². The molecule has 1 aliphatic heterocycles. The van der Waals surface area contributed by atoms with Gasteiger partial charge in [-0.2, -0.15) is 0 Å². The highest BCUT2D eigenvalue weighted by atomic mass is 16.3. The average molecular weight is 364 g/mol. The number of benzene rings is 1. The zero-order valence-corrected chi connectivity index (χ0v) is 16.3. The summed E-state index contributed by atoms with van der Waals surface area (Å²) in [5.74, 6) is -1.34. The van der Waals surface area contributed by atoms with Gasteiger partial charge in [-0.1, -0.05) is 39.0 Å². The van der Waals surface area contributed by atoms with E-state index < -0.39 is 23.1 Å². The number of aliphatic hydroxyl groups excluding tert-OH is 1. The quantitative estimate of drug-likeness (QED) is 0.885. The molecule has 0 fully saturated rings. The first-order chi connectivity index (χ1) is 12.6. The maximum absolute atomic E-state index is 13.1. The average Bonchev–Trinajstić information content (AvgIpc) is 2.88. The summed E-state index contributed by atoms with van der Waals surface area (Å²) in [4.78, 5) is 32.0. The number of aryl methyl sites for hydroxylation is 2. The van der Waals surface area contributed by atoms with Gasteiger partial charge in [0.2, 0.25) is 0 Å². The van der Waals surface area contributed by atoms with Gasteiger partial charge in [0.05, 0.1) is 11.3 Å². The summed E-state index contributed by atoms with van der Waals surface area (Å²) >= 11 is 0. The summed E-state index contributed by atoms with van der Waals surface area (Å²) in [5.41, 5.74) is 2.44. The lowest BCUT2D eigenvalue weighted by Crippen LogP contribution is -2.33. The molecule has 0 saturated heterocycles. The van der Waals surface area contributed by atoms with Crippen molar-refractivity contribution in [2.75, 3.05) is 4.90 Å². The molecule has 27 heavy (non-hydrogen) atoms. The molecule has 0 spiro atoms. The van der Waals surface area contributed by atoms with E-state index in [0.717, 1.165) is 11.1 Å². The van der Waals surface area contributed by atoms with Crippen molar-refractivity contribution in [1.29, 1.82) is 0 Å². The Kier molecular flexibility index (Phi) is 4.64. The number of anilines is 1. The smallest absolute Gasteiger partial charge is 0.294 e. The van der Waals surface area contributed by atoms with E-state index in [-0.39, 0.29) is 11.4 Å². The zero-order valence-electron chi connectivity index (χ0n) is 16.3. The Morgan fingerprint density at radius 3 is 2.44 bits per heavy atom. The number of hydrogen-bond acceptors (Lipinski definition) is 4. The largest absolute Gasteiger partial charge is 0.503 e. The van der Waals surface area contributed by atoms with Gasteiger partial charge in [0.25, 0.3) is 5.91 Å². The highest BCUT2D eigenvalue weighted by molar-refractivity contribution is 6.17. The number of Topliss-reactive ketones (excluding diaryl/α,β-unsaturated/α-hetero) is 1. The van der Waals surface area contributed by atoms with E-state index in [1.807, 2.05) is 38.1 Å². The molecular weight excluding hydrogens is 340 g/mol. The molecule has 0 saturated carbocycles. The van der Waals surface area contributed by atoms with Crippen LogP contribution >= 0.6 is 0 Å². The van der Waals surface area contributed by atoms with Crippen LogP contribution in [0.1, 0.15) is 43.6 Å². The fourth-order valence-electron chi connectivity index (χ4n) is 3.29. The number of nitrogens with zero attached hydrogens (tertiary/aromatic N) is 2. The molecular formula is C22H24N2O3. The van der Waals surface area contributed by atoms with Crippen molar-refractivity contribution in [2.24, 2.45) is 5.41 Å². The third kappa shape index (κ3) is 3.25. The number of ketones is 1. The fourth-order valence-corrected chi connectivity index (χ4v) is 3.29. The fraction of sp³-hybridized carbons (Fsp3) is 0.318. The lowest BCUT2D eigenvalue weighted by atomic mass is 9.83. The second-order valence-electron chi connectivity index (χ2n) is 7.96. The van der Waals surface area contributed by atoms with Gasteiger partial charge in [0.1, 0.15) is 6.04 Å². The second-order valence-corrected chi connectivity index (χ2v) is 7.96. The molecule has 0 radical (unpaired) electrons. The van der Waals surface area contributed by atoms with E-state index in [9.17, 15) is 14.7 Å². The SMILES string of the molecule is Cc1ccc(C)c(N2C(=O)C(O)=C(C(=O)C(C)(C)C)C2c2ccccn2)c1. The van der Waals surface area contributed by atoms with Gasteiger partial charge in [-0.15, -0.1) is 0 Å². The van der Waals surface area contributed by atoms with Crippen LogP contribution in [0.25, 0.3) is 0 Å². The van der Waals surface area contributed by atoms with Crippen LogP contribution in [0.2, 0.25) is 0 Å². The highest BCUT2D eigenvalue weighted by Gasteiger charge is 2.47. The highest BCUT2D eigenvalue weighted by Crippen LogP contribution is 2.43. The van der Waals surface area contributed by atoms with Crippen molar-refractivity contribution in [3.05, 3.63) is 70.7 Å².